The number of likely N-dealkylation sites (tertiary alicyclic amines) is 1. The standard InChI is InChI=1S/C22H23F3N4O/c1-15-26-19-7-2-3-8-20(19)29(15)14-16-9-11-28(12-10-16)21(30)27-18-6-4-5-17(13-18)22(23,24)25/h2-8,13,16H,9-12,14H2,1H3,(H,27,30). The number of nitrogens with zero attached hydrogens (tertiary/aromatic N) is 3. The predicted molar refractivity (Wildman–Crippen MR) is 109 cm³/mol. The molecule has 30 heavy (non-hydrogen) atoms. The number of aryl methyl sites for hydroxylation is 1. The van der Waals surface area contributed by atoms with Crippen LogP contribution in [-0.4, -0.2) is 33.6 Å². The topological polar surface area (TPSA) is 50.2 Å². The van der Waals surface area contributed by atoms with E-state index < -0.39 is 11.7 Å². The van der Waals surface area contributed by atoms with E-state index in [1.54, 1.807) is 4.90 Å². The summed E-state index contributed by atoms with van der Waals surface area (Å²) in [5.74, 6) is 1.39. The maximum atomic E-state index is 12.9. The zero-order chi connectivity index (χ0) is 21.3. The molecule has 0 unspecified atom stereocenters. The van der Waals surface area contributed by atoms with E-state index in [1.807, 2.05) is 25.1 Å². The summed E-state index contributed by atoms with van der Waals surface area (Å²) >= 11 is 0. The molecule has 3 aromatic rings. The molecule has 1 fully saturated rings. The Labute approximate surface area is 172 Å². The molecule has 1 aromatic heterocycles. The quantitative estimate of drug-likeness (QED) is 0.629. The molecule has 1 aliphatic rings. The predicted octanol–water partition coefficient (Wildman–Crippen LogP) is 5.31. The average molecular weight is 416 g/mol. The molecule has 0 atom stereocenters. The molecule has 0 spiro atoms. The largest absolute Gasteiger partial charge is 0.416 e. The van der Waals surface area contributed by atoms with Crippen molar-refractivity contribution < 1.29 is 18.0 Å². The number of alkyl halides is 3. The monoisotopic (exact) mass is 416 g/mol. The Bertz CT molecular complexity index is 1050. The van der Waals surface area contributed by atoms with Crippen molar-refractivity contribution >= 4 is 22.8 Å². The molecule has 158 valence electrons. The lowest BCUT2D eigenvalue weighted by atomic mass is 9.96. The van der Waals surface area contributed by atoms with Crippen molar-refractivity contribution in [3.05, 3.63) is 59.9 Å². The highest BCUT2D eigenvalue weighted by Gasteiger charge is 2.31. The van der Waals surface area contributed by atoms with Crippen LogP contribution in [0.3, 0.4) is 0 Å². The first kappa shape index (κ1) is 20.3. The summed E-state index contributed by atoms with van der Waals surface area (Å²) in [6.07, 6.45) is -2.77. The summed E-state index contributed by atoms with van der Waals surface area (Å²) < 4.78 is 40.8. The lowest BCUT2D eigenvalue weighted by Crippen LogP contribution is -2.41. The second kappa shape index (κ2) is 8.01. The second-order valence-corrected chi connectivity index (χ2v) is 7.70. The van der Waals surface area contributed by atoms with Gasteiger partial charge < -0.3 is 14.8 Å². The van der Waals surface area contributed by atoms with E-state index in [-0.39, 0.29) is 11.7 Å². The molecule has 2 amide bonds. The van der Waals surface area contributed by atoms with E-state index in [1.165, 1.54) is 12.1 Å². The number of benzene rings is 2. The first-order valence-electron chi connectivity index (χ1n) is 9.96. The number of rotatable bonds is 3. The van der Waals surface area contributed by atoms with Crippen molar-refractivity contribution in [3.63, 3.8) is 0 Å². The number of anilines is 1. The first-order chi connectivity index (χ1) is 14.3. The SMILES string of the molecule is Cc1nc2ccccc2n1CC1CCN(C(=O)Nc2cccc(C(F)(F)F)c2)CC1. The molecule has 0 radical (unpaired) electrons. The summed E-state index contributed by atoms with van der Waals surface area (Å²) in [5, 5.41) is 2.59. The number of para-hydroxylation sites is 2. The van der Waals surface area contributed by atoms with Gasteiger partial charge >= 0.3 is 12.2 Å². The third kappa shape index (κ3) is 4.27. The lowest BCUT2D eigenvalue weighted by Gasteiger charge is -2.32. The smallest absolute Gasteiger partial charge is 0.328 e. The Morgan fingerprint density at radius 3 is 2.60 bits per heavy atom. The number of amides is 2. The van der Waals surface area contributed by atoms with Crippen LogP contribution >= 0.6 is 0 Å². The molecular weight excluding hydrogens is 393 g/mol. The maximum Gasteiger partial charge on any atom is 0.416 e. The molecule has 0 saturated carbocycles. The molecular formula is C22H23F3N4O. The molecule has 4 rings (SSSR count). The van der Waals surface area contributed by atoms with Gasteiger partial charge in [0.2, 0.25) is 0 Å². The van der Waals surface area contributed by atoms with Gasteiger partial charge in [-0.25, -0.2) is 9.78 Å². The van der Waals surface area contributed by atoms with Crippen LogP contribution < -0.4 is 5.32 Å². The van der Waals surface area contributed by atoms with Gasteiger partial charge in [0.25, 0.3) is 0 Å². The maximum absolute atomic E-state index is 12.9. The van der Waals surface area contributed by atoms with Crippen molar-refractivity contribution in [1.29, 1.82) is 0 Å². The van der Waals surface area contributed by atoms with Crippen LogP contribution in [0, 0.1) is 12.8 Å². The van der Waals surface area contributed by atoms with Gasteiger partial charge in [0.1, 0.15) is 5.82 Å². The van der Waals surface area contributed by atoms with Crippen molar-refractivity contribution in [3.8, 4) is 0 Å². The number of halogens is 3. The highest BCUT2D eigenvalue weighted by atomic mass is 19.4. The molecule has 1 N–H and O–H groups in total. The van der Waals surface area contributed by atoms with Gasteiger partial charge in [-0.15, -0.1) is 0 Å². The van der Waals surface area contributed by atoms with E-state index in [2.05, 4.69) is 20.9 Å². The van der Waals surface area contributed by atoms with Crippen molar-refractivity contribution in [2.24, 2.45) is 5.92 Å². The number of nitrogens with one attached hydrogen (secondary N) is 1. The third-order valence-corrected chi connectivity index (χ3v) is 5.63. The number of hydrogen-bond acceptors (Lipinski definition) is 2. The fourth-order valence-corrected chi connectivity index (χ4v) is 3.98. The molecule has 2 heterocycles. The van der Waals surface area contributed by atoms with E-state index in [0.717, 1.165) is 48.4 Å². The molecule has 1 aliphatic heterocycles. The van der Waals surface area contributed by atoms with E-state index in [4.69, 9.17) is 0 Å². The van der Waals surface area contributed by atoms with Crippen LogP contribution in [0.1, 0.15) is 24.2 Å². The van der Waals surface area contributed by atoms with Gasteiger partial charge in [0, 0.05) is 25.3 Å². The lowest BCUT2D eigenvalue weighted by molar-refractivity contribution is -0.137. The van der Waals surface area contributed by atoms with E-state index in [9.17, 15) is 18.0 Å². The summed E-state index contributed by atoms with van der Waals surface area (Å²) in [5.41, 5.74) is 1.46. The van der Waals surface area contributed by atoms with Gasteiger partial charge in [-0.1, -0.05) is 18.2 Å². The van der Waals surface area contributed by atoms with E-state index in [0.29, 0.717) is 19.0 Å². The minimum absolute atomic E-state index is 0.150. The third-order valence-electron chi connectivity index (χ3n) is 5.63. The summed E-state index contributed by atoms with van der Waals surface area (Å²) in [6.45, 7) is 3.98. The molecule has 0 bridgehead atoms. The van der Waals surface area contributed by atoms with Crippen LogP contribution in [0.2, 0.25) is 0 Å². The van der Waals surface area contributed by atoms with Crippen molar-refractivity contribution in [2.45, 2.75) is 32.5 Å². The number of aromatic nitrogens is 2. The molecule has 8 heteroatoms. The van der Waals surface area contributed by atoms with Gasteiger partial charge in [0.15, 0.2) is 0 Å². The fourth-order valence-electron chi connectivity index (χ4n) is 3.98. The Hall–Kier alpha value is -3.03. The second-order valence-electron chi connectivity index (χ2n) is 7.70. The average Bonchev–Trinajstić information content (AvgIpc) is 3.03. The summed E-state index contributed by atoms with van der Waals surface area (Å²) in [6, 6.07) is 12.4. The van der Waals surface area contributed by atoms with Gasteiger partial charge in [-0.05, 0) is 56.0 Å². The van der Waals surface area contributed by atoms with E-state index >= 15 is 0 Å². The zero-order valence-corrected chi connectivity index (χ0v) is 16.6. The first-order valence-corrected chi connectivity index (χ1v) is 9.96. The van der Waals surface area contributed by atoms with Gasteiger partial charge in [-0.2, -0.15) is 13.2 Å². The highest BCUT2D eigenvalue weighted by Crippen LogP contribution is 2.31. The molecule has 0 aliphatic carbocycles. The Balaban J connectivity index is 1.35. The zero-order valence-electron chi connectivity index (χ0n) is 16.6. The number of imidazole rings is 1. The van der Waals surface area contributed by atoms with Crippen molar-refractivity contribution in [1.82, 2.24) is 14.5 Å². The molecule has 5 nitrogen and oxygen atoms in total. The molecule has 1 saturated heterocycles. The highest BCUT2D eigenvalue weighted by molar-refractivity contribution is 5.89. The Morgan fingerprint density at radius 1 is 1.13 bits per heavy atom. The van der Waals surface area contributed by atoms with Crippen LogP contribution in [0.5, 0.6) is 0 Å². The van der Waals surface area contributed by atoms with Crippen LogP contribution in [0.15, 0.2) is 48.5 Å². The number of hydrogen-bond donors (Lipinski definition) is 1. The van der Waals surface area contributed by atoms with Crippen molar-refractivity contribution in [2.75, 3.05) is 18.4 Å². The summed E-state index contributed by atoms with van der Waals surface area (Å²) in [7, 11) is 0. The van der Waals surface area contributed by atoms with Gasteiger partial charge in [-0.3, -0.25) is 0 Å². The minimum Gasteiger partial charge on any atom is -0.328 e. The van der Waals surface area contributed by atoms with Gasteiger partial charge in [0.05, 0.1) is 16.6 Å². The Kier molecular flexibility index (Phi) is 5.40. The number of fused-ring (bicyclic) bond motifs is 1. The number of carbonyl (C=O) groups excluding carboxylic acids is 1. The minimum atomic E-state index is -4.44. The number of urea groups is 1. The number of carbonyl (C=O) groups is 1. The molecule has 2 aromatic carbocycles. The normalized spacial score (nSPS) is 15.5. The van der Waals surface area contributed by atoms with Crippen LogP contribution in [-0.2, 0) is 12.7 Å². The number of piperidine rings is 1. The van der Waals surface area contributed by atoms with Crippen LogP contribution in [0.25, 0.3) is 11.0 Å². The van der Waals surface area contributed by atoms with Crippen LogP contribution in [0.4, 0.5) is 23.7 Å². The Morgan fingerprint density at radius 2 is 1.87 bits per heavy atom. The summed E-state index contributed by atoms with van der Waals surface area (Å²) in [4.78, 5) is 18.8. The fraction of sp³-hybridized carbons (Fsp3) is 0.364.